The summed E-state index contributed by atoms with van der Waals surface area (Å²) in [6.07, 6.45) is 4.69. The van der Waals surface area contributed by atoms with E-state index >= 15 is 0 Å². The summed E-state index contributed by atoms with van der Waals surface area (Å²) < 4.78 is 15.9. The molecule has 0 spiro atoms. The molecule has 0 unspecified atom stereocenters. The molecule has 1 aliphatic rings. The summed E-state index contributed by atoms with van der Waals surface area (Å²) in [5.41, 5.74) is 0. The van der Waals surface area contributed by atoms with Gasteiger partial charge in [0.15, 0.2) is 0 Å². The highest BCUT2D eigenvalue weighted by atomic mass is 16.5. The van der Waals surface area contributed by atoms with E-state index in [-0.39, 0.29) is 0 Å². The molecular weight excluding hydrogens is 208 g/mol. The maximum Gasteiger partial charge on any atom is 0.0704 e. The monoisotopic (exact) mass is 232 g/mol. The van der Waals surface area contributed by atoms with Gasteiger partial charge in [0.2, 0.25) is 0 Å². The molecule has 16 heavy (non-hydrogen) atoms. The molecule has 0 radical (unpaired) electrons. The van der Waals surface area contributed by atoms with Crippen molar-refractivity contribution in [1.82, 2.24) is 0 Å². The first-order chi connectivity index (χ1) is 7.86. The molecule has 0 aromatic heterocycles. The Morgan fingerprint density at radius 2 is 1.69 bits per heavy atom. The van der Waals surface area contributed by atoms with Crippen LogP contribution in [0.25, 0.3) is 0 Å². The van der Waals surface area contributed by atoms with Gasteiger partial charge in [0.1, 0.15) is 0 Å². The van der Waals surface area contributed by atoms with Crippen LogP contribution >= 0.6 is 0 Å². The van der Waals surface area contributed by atoms with Crippen LogP contribution in [-0.2, 0) is 14.2 Å². The van der Waals surface area contributed by atoms with Crippen LogP contribution in [0.4, 0.5) is 0 Å². The second kappa shape index (κ2) is 8.93. The van der Waals surface area contributed by atoms with Crippen molar-refractivity contribution in [3.8, 4) is 0 Å². The summed E-state index contributed by atoms with van der Waals surface area (Å²) in [6.45, 7) is 2.91. The second-order valence-corrected chi connectivity index (χ2v) is 4.30. The minimum Gasteiger partial charge on any atom is -0.396 e. The lowest BCUT2D eigenvalue weighted by atomic mass is 9.88. The van der Waals surface area contributed by atoms with Gasteiger partial charge in [-0.1, -0.05) is 0 Å². The van der Waals surface area contributed by atoms with Crippen LogP contribution in [0, 0.1) is 5.92 Å². The van der Waals surface area contributed by atoms with Gasteiger partial charge in [-0.05, 0) is 31.6 Å². The van der Waals surface area contributed by atoms with Crippen molar-refractivity contribution in [1.29, 1.82) is 0 Å². The third-order valence-electron chi connectivity index (χ3n) is 3.06. The van der Waals surface area contributed by atoms with E-state index in [1.54, 1.807) is 7.11 Å². The molecule has 1 rings (SSSR count). The predicted molar refractivity (Wildman–Crippen MR) is 61.5 cm³/mol. The highest BCUT2D eigenvalue weighted by molar-refractivity contribution is 4.72. The smallest absolute Gasteiger partial charge is 0.0704 e. The fraction of sp³-hybridized carbons (Fsp3) is 1.00. The van der Waals surface area contributed by atoms with Gasteiger partial charge in [-0.2, -0.15) is 0 Å². The molecule has 0 atom stereocenters. The van der Waals surface area contributed by atoms with Crippen LogP contribution in [0.15, 0.2) is 0 Å². The zero-order valence-electron chi connectivity index (χ0n) is 10.2. The molecule has 4 nitrogen and oxygen atoms in total. The Morgan fingerprint density at radius 3 is 2.31 bits per heavy atom. The average molecular weight is 232 g/mol. The lowest BCUT2D eigenvalue weighted by Crippen LogP contribution is -2.24. The summed E-state index contributed by atoms with van der Waals surface area (Å²) in [4.78, 5) is 0. The molecule has 1 aliphatic carbocycles. The molecule has 0 aliphatic heterocycles. The first kappa shape index (κ1) is 13.9. The van der Waals surface area contributed by atoms with Crippen molar-refractivity contribution in [3.05, 3.63) is 0 Å². The summed E-state index contributed by atoms with van der Waals surface area (Å²) in [5, 5.41) is 9.00. The van der Waals surface area contributed by atoms with Crippen LogP contribution < -0.4 is 0 Å². The second-order valence-electron chi connectivity index (χ2n) is 4.30. The molecule has 0 aromatic carbocycles. The van der Waals surface area contributed by atoms with Crippen molar-refractivity contribution in [2.75, 3.05) is 40.1 Å². The Bertz CT molecular complexity index is 155. The molecule has 1 fully saturated rings. The summed E-state index contributed by atoms with van der Waals surface area (Å²) in [5.74, 6) is 0.498. The normalized spacial score (nSPS) is 25.9. The van der Waals surface area contributed by atoms with Crippen LogP contribution in [0.1, 0.15) is 25.7 Å². The van der Waals surface area contributed by atoms with E-state index in [0.717, 1.165) is 25.7 Å². The van der Waals surface area contributed by atoms with E-state index in [0.29, 0.717) is 45.1 Å². The zero-order valence-corrected chi connectivity index (χ0v) is 10.2. The minimum atomic E-state index is 0.326. The largest absolute Gasteiger partial charge is 0.396 e. The van der Waals surface area contributed by atoms with Crippen molar-refractivity contribution in [2.45, 2.75) is 31.8 Å². The number of rotatable bonds is 8. The zero-order chi connectivity index (χ0) is 11.6. The highest BCUT2D eigenvalue weighted by Gasteiger charge is 2.20. The molecule has 0 saturated heterocycles. The van der Waals surface area contributed by atoms with E-state index < -0.39 is 0 Å². The first-order valence-corrected chi connectivity index (χ1v) is 6.16. The van der Waals surface area contributed by atoms with E-state index in [1.807, 2.05) is 0 Å². The van der Waals surface area contributed by atoms with Crippen LogP contribution in [-0.4, -0.2) is 51.4 Å². The van der Waals surface area contributed by atoms with Gasteiger partial charge >= 0.3 is 0 Å². The van der Waals surface area contributed by atoms with Crippen LogP contribution in [0.5, 0.6) is 0 Å². The predicted octanol–water partition coefficient (Wildman–Crippen LogP) is 1.22. The maximum absolute atomic E-state index is 9.00. The van der Waals surface area contributed by atoms with E-state index in [2.05, 4.69) is 0 Å². The third kappa shape index (κ3) is 5.80. The van der Waals surface area contributed by atoms with Crippen molar-refractivity contribution < 1.29 is 19.3 Å². The van der Waals surface area contributed by atoms with Crippen LogP contribution in [0.2, 0.25) is 0 Å². The lowest BCUT2D eigenvalue weighted by Gasteiger charge is -2.27. The minimum absolute atomic E-state index is 0.326. The molecule has 0 heterocycles. The summed E-state index contributed by atoms with van der Waals surface area (Å²) in [7, 11) is 1.67. The molecule has 0 amide bonds. The number of aliphatic hydroxyl groups excluding tert-OH is 1. The van der Waals surface area contributed by atoms with Gasteiger partial charge in [-0.3, -0.25) is 0 Å². The maximum atomic E-state index is 9.00. The van der Waals surface area contributed by atoms with Gasteiger partial charge in [0.05, 0.1) is 32.5 Å². The Balaban J connectivity index is 1.90. The Labute approximate surface area is 97.9 Å². The van der Waals surface area contributed by atoms with Gasteiger partial charge in [0, 0.05) is 13.7 Å². The van der Waals surface area contributed by atoms with Gasteiger partial charge < -0.3 is 19.3 Å². The number of ether oxygens (including phenoxy) is 3. The SMILES string of the molecule is COCCOCCOC1CCC(CO)CC1. The van der Waals surface area contributed by atoms with Crippen LogP contribution in [0.3, 0.4) is 0 Å². The topological polar surface area (TPSA) is 47.9 Å². The molecule has 0 bridgehead atoms. The van der Waals surface area contributed by atoms with Gasteiger partial charge in [0.25, 0.3) is 0 Å². The van der Waals surface area contributed by atoms with Crippen molar-refractivity contribution in [3.63, 3.8) is 0 Å². The molecule has 96 valence electrons. The summed E-state index contributed by atoms with van der Waals surface area (Å²) in [6, 6.07) is 0. The van der Waals surface area contributed by atoms with E-state index in [9.17, 15) is 0 Å². The van der Waals surface area contributed by atoms with E-state index in [1.165, 1.54) is 0 Å². The molecule has 1 saturated carbocycles. The fourth-order valence-electron chi connectivity index (χ4n) is 2.00. The number of aliphatic hydroxyl groups is 1. The fourth-order valence-corrected chi connectivity index (χ4v) is 2.00. The third-order valence-corrected chi connectivity index (χ3v) is 3.06. The first-order valence-electron chi connectivity index (χ1n) is 6.16. The highest BCUT2D eigenvalue weighted by Crippen LogP contribution is 2.25. The van der Waals surface area contributed by atoms with Crippen molar-refractivity contribution >= 4 is 0 Å². The lowest BCUT2D eigenvalue weighted by molar-refractivity contribution is -0.0263. The molecule has 1 N–H and O–H groups in total. The molecular formula is C12H24O4. The summed E-state index contributed by atoms with van der Waals surface area (Å²) >= 11 is 0. The number of hydrogen-bond donors (Lipinski definition) is 1. The van der Waals surface area contributed by atoms with Gasteiger partial charge in [-0.25, -0.2) is 0 Å². The number of hydrogen-bond acceptors (Lipinski definition) is 4. The Hall–Kier alpha value is -0.160. The average Bonchev–Trinajstić information content (AvgIpc) is 2.34. The van der Waals surface area contributed by atoms with Crippen molar-refractivity contribution in [2.24, 2.45) is 5.92 Å². The molecule has 4 heteroatoms. The van der Waals surface area contributed by atoms with Gasteiger partial charge in [-0.15, -0.1) is 0 Å². The Kier molecular flexibility index (Phi) is 7.76. The molecule has 0 aromatic rings. The van der Waals surface area contributed by atoms with E-state index in [4.69, 9.17) is 19.3 Å². The standard InChI is InChI=1S/C12H24O4/c1-14-6-7-15-8-9-16-12-4-2-11(10-13)3-5-12/h11-13H,2-10H2,1H3. The number of methoxy groups -OCH3 is 1. The quantitative estimate of drug-likeness (QED) is 0.639. The Morgan fingerprint density at radius 1 is 1.00 bits per heavy atom.